The maximum absolute atomic E-state index is 11.8. The Morgan fingerprint density at radius 2 is 1.88 bits per heavy atom. The number of nitrogens with two attached hydrogens (primary N) is 1. The van der Waals surface area contributed by atoms with Crippen molar-refractivity contribution in [3.63, 3.8) is 0 Å². The summed E-state index contributed by atoms with van der Waals surface area (Å²) in [5, 5.41) is 0. The van der Waals surface area contributed by atoms with Crippen molar-refractivity contribution in [1.82, 2.24) is 0 Å². The lowest BCUT2D eigenvalue weighted by atomic mass is 9.89. The average Bonchev–Trinajstić information content (AvgIpc) is 2.64. The fraction of sp³-hybridized carbons (Fsp3) is 0.500. The molecule has 0 atom stereocenters. The molecule has 1 fully saturated rings. The van der Waals surface area contributed by atoms with E-state index in [1.807, 2.05) is 6.07 Å². The Balaban J connectivity index is 2.67. The highest BCUT2D eigenvalue weighted by Gasteiger charge is 2.36. The van der Waals surface area contributed by atoms with Crippen LogP contribution in [-0.4, -0.2) is 14.7 Å². The van der Waals surface area contributed by atoms with E-state index in [9.17, 15) is 8.42 Å². The first-order chi connectivity index (χ1) is 7.84. The predicted octanol–water partition coefficient (Wildman–Crippen LogP) is 2.58. The average molecular weight is 318 g/mol. The van der Waals surface area contributed by atoms with Crippen LogP contribution in [0.5, 0.6) is 0 Å². The third kappa shape index (κ3) is 2.41. The smallest absolute Gasteiger partial charge is 0.175 e. The highest BCUT2D eigenvalue weighted by molar-refractivity contribution is 9.10. The van der Waals surface area contributed by atoms with Gasteiger partial charge in [0.1, 0.15) is 0 Å². The van der Waals surface area contributed by atoms with Crippen LogP contribution in [0, 0.1) is 0 Å². The molecule has 0 unspecified atom stereocenters. The molecule has 94 valence electrons. The van der Waals surface area contributed by atoms with Gasteiger partial charge in [0.2, 0.25) is 0 Å². The van der Waals surface area contributed by atoms with Crippen LogP contribution in [0.3, 0.4) is 0 Å². The first-order valence-electron chi connectivity index (χ1n) is 5.62. The van der Waals surface area contributed by atoms with Crippen LogP contribution in [0.25, 0.3) is 0 Å². The van der Waals surface area contributed by atoms with E-state index in [0.29, 0.717) is 4.90 Å². The van der Waals surface area contributed by atoms with Crippen LogP contribution in [-0.2, 0) is 15.4 Å². The second-order valence-corrected chi connectivity index (χ2v) is 7.59. The van der Waals surface area contributed by atoms with Gasteiger partial charge in [-0.15, -0.1) is 0 Å². The zero-order chi connectivity index (χ0) is 12.7. The molecule has 3 nitrogen and oxygen atoms in total. The normalized spacial score (nSPS) is 19.5. The fourth-order valence-corrected chi connectivity index (χ4v) is 4.45. The first kappa shape index (κ1) is 13.1. The topological polar surface area (TPSA) is 60.2 Å². The summed E-state index contributed by atoms with van der Waals surface area (Å²) in [6.07, 6.45) is 5.04. The van der Waals surface area contributed by atoms with Crippen LogP contribution < -0.4 is 5.73 Å². The third-order valence-electron chi connectivity index (χ3n) is 3.37. The van der Waals surface area contributed by atoms with Crippen LogP contribution >= 0.6 is 15.9 Å². The second kappa shape index (κ2) is 4.37. The molecular weight excluding hydrogens is 302 g/mol. The lowest BCUT2D eigenvalue weighted by Gasteiger charge is -2.27. The number of halogens is 1. The third-order valence-corrected chi connectivity index (χ3v) is 5.17. The summed E-state index contributed by atoms with van der Waals surface area (Å²) in [5.74, 6) is 0. The molecule has 1 aromatic rings. The molecule has 17 heavy (non-hydrogen) atoms. The van der Waals surface area contributed by atoms with Gasteiger partial charge in [0.25, 0.3) is 0 Å². The summed E-state index contributed by atoms with van der Waals surface area (Å²) >= 11 is 3.44. The van der Waals surface area contributed by atoms with Crippen molar-refractivity contribution in [1.29, 1.82) is 0 Å². The molecule has 0 aliphatic heterocycles. The number of hydrogen-bond donors (Lipinski definition) is 1. The maximum Gasteiger partial charge on any atom is 0.175 e. The van der Waals surface area contributed by atoms with Gasteiger partial charge in [-0.1, -0.05) is 34.8 Å². The van der Waals surface area contributed by atoms with E-state index in [4.69, 9.17) is 5.73 Å². The van der Waals surface area contributed by atoms with Gasteiger partial charge in [0.15, 0.2) is 9.84 Å². The molecule has 0 saturated heterocycles. The molecule has 1 aliphatic carbocycles. The summed E-state index contributed by atoms with van der Waals surface area (Å²) in [7, 11) is -3.24. The molecule has 5 heteroatoms. The minimum Gasteiger partial charge on any atom is -0.321 e. The van der Waals surface area contributed by atoms with E-state index in [-0.39, 0.29) is 0 Å². The van der Waals surface area contributed by atoms with Crippen LogP contribution in [0.1, 0.15) is 31.2 Å². The summed E-state index contributed by atoms with van der Waals surface area (Å²) in [4.78, 5) is 0.358. The summed E-state index contributed by atoms with van der Waals surface area (Å²) in [6.45, 7) is 0. The fourth-order valence-electron chi connectivity index (χ4n) is 2.55. The molecule has 1 aromatic carbocycles. The van der Waals surface area contributed by atoms with Gasteiger partial charge in [0.05, 0.1) is 4.90 Å². The lowest BCUT2D eigenvalue weighted by molar-refractivity contribution is 0.448. The Kier molecular flexibility index (Phi) is 3.36. The second-order valence-electron chi connectivity index (χ2n) is 4.75. The molecule has 0 spiro atoms. The predicted molar refractivity (Wildman–Crippen MR) is 71.6 cm³/mol. The van der Waals surface area contributed by atoms with Crippen molar-refractivity contribution < 1.29 is 8.42 Å². The van der Waals surface area contributed by atoms with Crippen molar-refractivity contribution in [2.75, 3.05) is 6.26 Å². The minimum absolute atomic E-state index is 0.358. The Bertz CT molecular complexity index is 533. The van der Waals surface area contributed by atoms with Gasteiger partial charge < -0.3 is 5.73 Å². The Morgan fingerprint density at radius 3 is 2.41 bits per heavy atom. The SMILES string of the molecule is CS(=O)(=O)c1cccc(Br)c1C1(N)CCCC1. The molecular formula is C12H16BrNO2S. The van der Waals surface area contributed by atoms with Crippen LogP contribution in [0.15, 0.2) is 27.6 Å². The zero-order valence-corrected chi connectivity index (χ0v) is 12.1. The summed E-state index contributed by atoms with van der Waals surface area (Å²) in [5.41, 5.74) is 6.63. The van der Waals surface area contributed by atoms with Gasteiger partial charge in [-0.3, -0.25) is 0 Å². The standard InChI is InChI=1S/C12H16BrNO2S/c1-17(15,16)10-6-4-5-9(13)11(10)12(14)7-2-3-8-12/h4-6H,2-3,7-8,14H2,1H3. The van der Waals surface area contributed by atoms with Crippen molar-refractivity contribution in [3.05, 3.63) is 28.2 Å². The van der Waals surface area contributed by atoms with E-state index in [2.05, 4.69) is 15.9 Å². The van der Waals surface area contributed by atoms with Crippen molar-refractivity contribution in [3.8, 4) is 0 Å². The lowest BCUT2D eigenvalue weighted by Crippen LogP contribution is -2.35. The van der Waals surface area contributed by atoms with Crippen molar-refractivity contribution >= 4 is 25.8 Å². The molecule has 2 N–H and O–H groups in total. The van der Waals surface area contributed by atoms with E-state index in [1.54, 1.807) is 12.1 Å². The molecule has 1 saturated carbocycles. The monoisotopic (exact) mass is 317 g/mol. The van der Waals surface area contributed by atoms with Crippen molar-refractivity contribution in [2.45, 2.75) is 36.1 Å². The Labute approximate surface area is 110 Å². The number of rotatable bonds is 2. The molecule has 1 aliphatic rings. The van der Waals surface area contributed by atoms with Gasteiger partial charge >= 0.3 is 0 Å². The quantitative estimate of drug-likeness (QED) is 0.912. The van der Waals surface area contributed by atoms with E-state index >= 15 is 0 Å². The molecule has 0 radical (unpaired) electrons. The minimum atomic E-state index is -3.24. The van der Waals surface area contributed by atoms with Gasteiger partial charge in [-0.05, 0) is 25.0 Å². The van der Waals surface area contributed by atoms with E-state index in [1.165, 1.54) is 6.26 Å². The maximum atomic E-state index is 11.8. The highest BCUT2D eigenvalue weighted by Crippen LogP contribution is 2.42. The van der Waals surface area contributed by atoms with E-state index in [0.717, 1.165) is 35.7 Å². The molecule has 0 heterocycles. The van der Waals surface area contributed by atoms with Gasteiger partial charge in [-0.25, -0.2) is 8.42 Å². The molecule has 2 rings (SSSR count). The van der Waals surface area contributed by atoms with E-state index < -0.39 is 15.4 Å². The van der Waals surface area contributed by atoms with Gasteiger partial charge in [0, 0.05) is 21.8 Å². The zero-order valence-electron chi connectivity index (χ0n) is 9.74. The Hall–Kier alpha value is -0.390. The number of sulfone groups is 1. The first-order valence-corrected chi connectivity index (χ1v) is 8.31. The molecule has 0 bridgehead atoms. The number of benzene rings is 1. The summed E-state index contributed by atoms with van der Waals surface area (Å²) in [6, 6.07) is 5.24. The number of hydrogen-bond acceptors (Lipinski definition) is 3. The Morgan fingerprint density at radius 1 is 1.29 bits per heavy atom. The van der Waals surface area contributed by atoms with Crippen LogP contribution in [0.2, 0.25) is 0 Å². The van der Waals surface area contributed by atoms with Crippen molar-refractivity contribution in [2.24, 2.45) is 5.73 Å². The van der Waals surface area contributed by atoms with Crippen LogP contribution in [0.4, 0.5) is 0 Å². The molecule has 0 amide bonds. The van der Waals surface area contributed by atoms with Gasteiger partial charge in [-0.2, -0.15) is 0 Å². The highest BCUT2D eigenvalue weighted by atomic mass is 79.9. The molecule has 0 aromatic heterocycles. The summed E-state index contributed by atoms with van der Waals surface area (Å²) < 4.78 is 24.5. The largest absolute Gasteiger partial charge is 0.321 e.